The minimum Gasteiger partial charge on any atom is -0.361 e. The molecule has 0 spiro atoms. The van der Waals surface area contributed by atoms with E-state index in [-0.39, 0.29) is 11.9 Å². The van der Waals surface area contributed by atoms with Gasteiger partial charge in [0.1, 0.15) is 0 Å². The van der Waals surface area contributed by atoms with E-state index in [9.17, 15) is 4.79 Å². The van der Waals surface area contributed by atoms with Crippen molar-refractivity contribution in [3.63, 3.8) is 0 Å². The fourth-order valence-electron chi connectivity index (χ4n) is 3.34. The number of para-hydroxylation sites is 1. The molecule has 0 saturated heterocycles. The maximum atomic E-state index is 12.5. The van der Waals surface area contributed by atoms with Crippen molar-refractivity contribution >= 4 is 28.1 Å². The summed E-state index contributed by atoms with van der Waals surface area (Å²) < 4.78 is 2.10. The molecule has 1 atom stereocenters. The molecule has 3 heterocycles. The molecule has 0 fully saturated rings. The fourth-order valence-corrected chi connectivity index (χ4v) is 4.05. The zero-order valence-electron chi connectivity index (χ0n) is 14.4. The molecule has 2 N–H and O–H groups in total. The molecule has 0 bridgehead atoms. The molecule has 0 saturated carbocycles. The highest BCUT2D eigenvalue weighted by Gasteiger charge is 2.17. The summed E-state index contributed by atoms with van der Waals surface area (Å²) in [4.78, 5) is 15.8. The van der Waals surface area contributed by atoms with Gasteiger partial charge in [0.2, 0.25) is 5.91 Å². The molecule has 4 aromatic rings. The van der Waals surface area contributed by atoms with E-state index in [0.29, 0.717) is 13.0 Å². The second-order valence-corrected chi connectivity index (χ2v) is 7.15. The lowest BCUT2D eigenvalue weighted by Gasteiger charge is -2.18. The predicted octanol–water partition coefficient (Wildman–Crippen LogP) is 4.37. The maximum Gasteiger partial charge on any atom is 0.222 e. The molecule has 0 aliphatic rings. The Morgan fingerprint density at radius 3 is 2.81 bits per heavy atom. The highest BCUT2D eigenvalue weighted by Crippen LogP contribution is 2.24. The lowest BCUT2D eigenvalue weighted by molar-refractivity contribution is -0.121. The lowest BCUT2D eigenvalue weighted by atomic mass is 10.1. The second kappa shape index (κ2) is 7.62. The van der Waals surface area contributed by atoms with E-state index in [4.69, 9.17) is 0 Å². The standard InChI is InChI=1S/C21H21N3OS/c25-21(13-20(17-8-12-26-15-17)24-10-3-4-11-24)22-9-7-16-14-23-19-6-2-1-5-18(16)19/h1-6,8,10-12,14-15,20,23H,7,9,13H2,(H,22,25). The largest absolute Gasteiger partial charge is 0.361 e. The van der Waals surface area contributed by atoms with Crippen molar-refractivity contribution in [2.75, 3.05) is 6.54 Å². The van der Waals surface area contributed by atoms with Gasteiger partial charge in [0, 0.05) is 36.0 Å². The van der Waals surface area contributed by atoms with Crippen LogP contribution in [0.15, 0.2) is 71.8 Å². The van der Waals surface area contributed by atoms with Gasteiger partial charge in [0.15, 0.2) is 0 Å². The summed E-state index contributed by atoms with van der Waals surface area (Å²) in [5.74, 6) is 0.0785. The monoisotopic (exact) mass is 363 g/mol. The summed E-state index contributed by atoms with van der Waals surface area (Å²) in [6, 6.07) is 14.4. The van der Waals surface area contributed by atoms with Gasteiger partial charge in [-0.3, -0.25) is 4.79 Å². The van der Waals surface area contributed by atoms with Crippen molar-refractivity contribution in [1.82, 2.24) is 14.9 Å². The molecular formula is C21H21N3OS. The summed E-state index contributed by atoms with van der Waals surface area (Å²) in [5, 5.41) is 8.48. The van der Waals surface area contributed by atoms with Crippen LogP contribution in [0.2, 0.25) is 0 Å². The molecule has 4 nitrogen and oxygen atoms in total. The number of thiophene rings is 1. The van der Waals surface area contributed by atoms with E-state index in [1.54, 1.807) is 11.3 Å². The van der Waals surface area contributed by atoms with Gasteiger partial charge in [-0.05, 0) is 52.6 Å². The van der Waals surface area contributed by atoms with Crippen LogP contribution in [0.4, 0.5) is 0 Å². The summed E-state index contributed by atoms with van der Waals surface area (Å²) in [7, 11) is 0. The Bertz CT molecular complexity index is 936. The first-order valence-electron chi connectivity index (χ1n) is 8.77. The Balaban J connectivity index is 1.37. The van der Waals surface area contributed by atoms with E-state index in [2.05, 4.69) is 43.8 Å². The Morgan fingerprint density at radius 2 is 2.00 bits per heavy atom. The molecule has 5 heteroatoms. The van der Waals surface area contributed by atoms with E-state index >= 15 is 0 Å². The van der Waals surface area contributed by atoms with E-state index < -0.39 is 0 Å². The molecule has 26 heavy (non-hydrogen) atoms. The van der Waals surface area contributed by atoms with Crippen molar-refractivity contribution in [1.29, 1.82) is 0 Å². The molecule has 1 unspecified atom stereocenters. The average molecular weight is 363 g/mol. The number of rotatable bonds is 7. The minimum absolute atomic E-state index is 0.0457. The van der Waals surface area contributed by atoms with E-state index in [1.165, 1.54) is 16.5 Å². The number of amides is 1. The van der Waals surface area contributed by atoms with Crippen LogP contribution >= 0.6 is 11.3 Å². The Hall–Kier alpha value is -2.79. The molecule has 0 aliphatic heterocycles. The predicted molar refractivity (Wildman–Crippen MR) is 107 cm³/mol. The normalized spacial score (nSPS) is 12.3. The lowest BCUT2D eigenvalue weighted by Crippen LogP contribution is -2.28. The van der Waals surface area contributed by atoms with Crippen molar-refractivity contribution in [3.05, 3.63) is 82.9 Å². The second-order valence-electron chi connectivity index (χ2n) is 6.37. The fraction of sp³-hybridized carbons (Fsp3) is 0.190. The molecule has 4 rings (SSSR count). The smallest absolute Gasteiger partial charge is 0.222 e. The van der Waals surface area contributed by atoms with Crippen LogP contribution < -0.4 is 5.32 Å². The number of benzene rings is 1. The van der Waals surface area contributed by atoms with Crippen molar-refractivity contribution in [2.24, 2.45) is 0 Å². The van der Waals surface area contributed by atoms with Crippen LogP contribution in [0.3, 0.4) is 0 Å². The third kappa shape index (κ3) is 3.58. The summed E-state index contributed by atoms with van der Waals surface area (Å²) >= 11 is 1.66. The first-order chi connectivity index (χ1) is 12.8. The topological polar surface area (TPSA) is 49.8 Å². The van der Waals surface area contributed by atoms with Crippen LogP contribution in [0.1, 0.15) is 23.6 Å². The maximum absolute atomic E-state index is 12.5. The summed E-state index contributed by atoms with van der Waals surface area (Å²) in [5.41, 5.74) is 3.55. The Labute approximate surface area is 156 Å². The summed E-state index contributed by atoms with van der Waals surface area (Å²) in [6.45, 7) is 0.642. The van der Waals surface area contributed by atoms with Crippen LogP contribution in [-0.2, 0) is 11.2 Å². The number of nitrogens with zero attached hydrogens (tertiary/aromatic N) is 1. The zero-order chi connectivity index (χ0) is 17.8. The van der Waals surface area contributed by atoms with Crippen LogP contribution in [0, 0.1) is 0 Å². The van der Waals surface area contributed by atoms with Crippen molar-refractivity contribution in [2.45, 2.75) is 18.9 Å². The number of hydrogen-bond donors (Lipinski definition) is 2. The zero-order valence-corrected chi connectivity index (χ0v) is 15.2. The van der Waals surface area contributed by atoms with Crippen molar-refractivity contribution in [3.8, 4) is 0 Å². The molecule has 0 aliphatic carbocycles. The quantitative estimate of drug-likeness (QED) is 0.503. The van der Waals surface area contributed by atoms with Crippen molar-refractivity contribution < 1.29 is 4.79 Å². The number of fused-ring (bicyclic) bond motifs is 1. The SMILES string of the molecule is O=C(CC(c1ccsc1)n1cccc1)NCCc1c[nH]c2ccccc12. The van der Waals surface area contributed by atoms with Gasteiger partial charge in [-0.15, -0.1) is 0 Å². The van der Waals surface area contributed by atoms with E-state index in [0.717, 1.165) is 11.9 Å². The number of carbonyl (C=O) groups is 1. The van der Waals surface area contributed by atoms with Gasteiger partial charge >= 0.3 is 0 Å². The van der Waals surface area contributed by atoms with Gasteiger partial charge in [-0.1, -0.05) is 18.2 Å². The molecule has 1 aromatic carbocycles. The van der Waals surface area contributed by atoms with Crippen LogP contribution in [-0.4, -0.2) is 22.0 Å². The number of H-pyrrole nitrogens is 1. The van der Waals surface area contributed by atoms with Gasteiger partial charge < -0.3 is 14.9 Å². The highest BCUT2D eigenvalue weighted by molar-refractivity contribution is 7.08. The first kappa shape index (κ1) is 16.7. The molecule has 1 amide bonds. The third-order valence-corrected chi connectivity index (χ3v) is 5.39. The average Bonchev–Trinajstić information content (AvgIpc) is 3.41. The Morgan fingerprint density at radius 1 is 1.15 bits per heavy atom. The first-order valence-corrected chi connectivity index (χ1v) is 9.72. The van der Waals surface area contributed by atoms with Crippen LogP contribution in [0.5, 0.6) is 0 Å². The van der Waals surface area contributed by atoms with Crippen LogP contribution in [0.25, 0.3) is 10.9 Å². The molecule has 132 valence electrons. The number of aromatic amines is 1. The Kier molecular flexibility index (Phi) is 4.88. The molecular weight excluding hydrogens is 342 g/mol. The van der Waals surface area contributed by atoms with Gasteiger partial charge in [0.25, 0.3) is 0 Å². The highest BCUT2D eigenvalue weighted by atomic mass is 32.1. The van der Waals surface area contributed by atoms with Gasteiger partial charge in [0.05, 0.1) is 12.5 Å². The number of hydrogen-bond acceptors (Lipinski definition) is 2. The summed E-state index contributed by atoms with van der Waals surface area (Å²) in [6.07, 6.45) is 7.33. The number of carbonyl (C=O) groups excluding carboxylic acids is 1. The minimum atomic E-state index is 0.0457. The van der Waals surface area contributed by atoms with Gasteiger partial charge in [-0.25, -0.2) is 0 Å². The van der Waals surface area contributed by atoms with E-state index in [1.807, 2.05) is 42.9 Å². The number of aromatic nitrogens is 2. The third-order valence-electron chi connectivity index (χ3n) is 4.69. The molecule has 3 aromatic heterocycles. The van der Waals surface area contributed by atoms with Gasteiger partial charge in [-0.2, -0.15) is 11.3 Å². The number of nitrogens with one attached hydrogen (secondary N) is 2. The molecule has 0 radical (unpaired) electrons.